The maximum absolute atomic E-state index is 12.4. The standard InChI is InChI=1S/C24H40O3Si/c1-7-8-9-18-23(25)26-21-16-12-10-14-19(21)20-15-11-13-17-22(20)27-28(5,6)24(2,3)4/h11,13,15,17,19,21H,7-10,12,14,16,18H2,1-6H3/t19-,21+/m0/s1. The lowest BCUT2D eigenvalue weighted by molar-refractivity contribution is -0.151. The summed E-state index contributed by atoms with van der Waals surface area (Å²) in [6, 6.07) is 8.42. The van der Waals surface area contributed by atoms with Crippen molar-refractivity contribution in [1.82, 2.24) is 0 Å². The van der Waals surface area contributed by atoms with Crippen LogP contribution >= 0.6 is 0 Å². The summed E-state index contributed by atoms with van der Waals surface area (Å²) in [5.74, 6) is 1.20. The summed E-state index contributed by atoms with van der Waals surface area (Å²) in [7, 11) is -1.92. The van der Waals surface area contributed by atoms with Crippen molar-refractivity contribution in [3.8, 4) is 5.75 Å². The van der Waals surface area contributed by atoms with Crippen LogP contribution in [0.3, 0.4) is 0 Å². The van der Waals surface area contributed by atoms with E-state index in [0.717, 1.165) is 44.3 Å². The largest absolute Gasteiger partial charge is 0.543 e. The van der Waals surface area contributed by atoms with Gasteiger partial charge >= 0.3 is 5.97 Å². The Morgan fingerprint density at radius 1 is 1.11 bits per heavy atom. The fourth-order valence-electron chi connectivity index (χ4n) is 3.65. The molecule has 4 heteroatoms. The molecule has 0 amide bonds. The zero-order chi connectivity index (χ0) is 20.8. The predicted molar refractivity (Wildman–Crippen MR) is 119 cm³/mol. The number of unbranched alkanes of at least 4 members (excludes halogenated alkanes) is 2. The Hall–Kier alpha value is -1.29. The molecule has 1 fully saturated rings. The van der Waals surface area contributed by atoms with Crippen molar-refractivity contribution in [3.63, 3.8) is 0 Å². The molecule has 2 atom stereocenters. The second-order valence-corrected chi connectivity index (χ2v) is 14.5. The van der Waals surface area contributed by atoms with Crippen molar-refractivity contribution in [3.05, 3.63) is 29.8 Å². The van der Waals surface area contributed by atoms with Crippen molar-refractivity contribution in [2.24, 2.45) is 0 Å². The van der Waals surface area contributed by atoms with E-state index in [1.54, 1.807) is 0 Å². The molecular weight excluding hydrogens is 364 g/mol. The van der Waals surface area contributed by atoms with Gasteiger partial charge in [0, 0.05) is 12.3 Å². The first kappa shape index (κ1) is 23.0. The Labute approximate surface area is 173 Å². The highest BCUT2D eigenvalue weighted by Gasteiger charge is 2.40. The third-order valence-electron chi connectivity index (χ3n) is 6.46. The molecule has 1 aromatic rings. The van der Waals surface area contributed by atoms with Gasteiger partial charge in [-0.1, -0.05) is 65.2 Å². The molecule has 2 rings (SSSR count). The van der Waals surface area contributed by atoms with Crippen molar-refractivity contribution >= 4 is 14.3 Å². The molecule has 1 aliphatic carbocycles. The van der Waals surface area contributed by atoms with E-state index in [-0.39, 0.29) is 23.0 Å². The highest BCUT2D eigenvalue weighted by Crippen LogP contribution is 2.43. The van der Waals surface area contributed by atoms with Gasteiger partial charge in [0.2, 0.25) is 8.32 Å². The van der Waals surface area contributed by atoms with Crippen LogP contribution in [0, 0.1) is 0 Å². The number of para-hydroxylation sites is 1. The summed E-state index contributed by atoms with van der Waals surface area (Å²) < 4.78 is 12.7. The number of esters is 1. The van der Waals surface area contributed by atoms with E-state index < -0.39 is 8.32 Å². The van der Waals surface area contributed by atoms with Gasteiger partial charge in [0.05, 0.1) is 0 Å². The van der Waals surface area contributed by atoms with Gasteiger partial charge in [-0.15, -0.1) is 0 Å². The number of hydrogen-bond donors (Lipinski definition) is 0. The summed E-state index contributed by atoms with van der Waals surface area (Å²) >= 11 is 0. The molecule has 0 spiro atoms. The van der Waals surface area contributed by atoms with Gasteiger partial charge in [0.25, 0.3) is 0 Å². The minimum atomic E-state index is -1.92. The van der Waals surface area contributed by atoms with Crippen LogP contribution in [-0.4, -0.2) is 20.4 Å². The lowest BCUT2D eigenvalue weighted by atomic mass is 9.81. The SMILES string of the molecule is CCCCCC(=O)O[C@@H]1CCCC[C@H]1c1ccccc1O[Si](C)(C)C(C)(C)C. The summed E-state index contributed by atoms with van der Waals surface area (Å²) in [5, 5.41) is 0.151. The van der Waals surface area contributed by atoms with Crippen molar-refractivity contribution in [2.45, 2.75) is 109 Å². The topological polar surface area (TPSA) is 35.5 Å². The minimum Gasteiger partial charge on any atom is -0.543 e. The van der Waals surface area contributed by atoms with Crippen LogP contribution in [0.25, 0.3) is 0 Å². The molecule has 0 bridgehead atoms. The molecule has 0 aromatic heterocycles. The Balaban J connectivity index is 2.18. The van der Waals surface area contributed by atoms with Crippen LogP contribution in [0.2, 0.25) is 18.1 Å². The number of carbonyl (C=O) groups excluding carboxylic acids is 1. The first-order valence-electron chi connectivity index (χ1n) is 11.1. The Morgan fingerprint density at radius 2 is 1.79 bits per heavy atom. The third-order valence-corrected chi connectivity index (χ3v) is 10.8. The van der Waals surface area contributed by atoms with Gasteiger partial charge < -0.3 is 9.16 Å². The quantitative estimate of drug-likeness (QED) is 0.261. The molecule has 1 saturated carbocycles. The first-order chi connectivity index (χ1) is 13.2. The van der Waals surface area contributed by atoms with E-state index in [1.807, 2.05) is 0 Å². The Morgan fingerprint density at radius 3 is 2.46 bits per heavy atom. The molecule has 0 heterocycles. The normalized spacial score (nSPS) is 20.6. The maximum Gasteiger partial charge on any atom is 0.306 e. The fraction of sp³-hybridized carbons (Fsp3) is 0.708. The van der Waals surface area contributed by atoms with Crippen molar-refractivity contribution in [2.75, 3.05) is 0 Å². The molecule has 3 nitrogen and oxygen atoms in total. The van der Waals surface area contributed by atoms with Crippen molar-refractivity contribution < 1.29 is 14.0 Å². The molecule has 0 aliphatic heterocycles. The van der Waals surface area contributed by atoms with E-state index >= 15 is 0 Å². The summed E-state index contributed by atoms with van der Waals surface area (Å²) in [6.45, 7) is 13.5. The lowest BCUT2D eigenvalue weighted by Gasteiger charge is -2.38. The molecular formula is C24H40O3Si. The molecule has 0 N–H and O–H groups in total. The zero-order valence-corrected chi connectivity index (χ0v) is 19.8. The van der Waals surface area contributed by atoms with Crippen LogP contribution < -0.4 is 4.43 Å². The Kier molecular flexibility index (Phi) is 8.17. The molecule has 0 unspecified atom stereocenters. The van der Waals surface area contributed by atoms with Gasteiger partial charge in [0.15, 0.2) is 0 Å². The second kappa shape index (κ2) is 9.95. The maximum atomic E-state index is 12.4. The van der Waals surface area contributed by atoms with Crippen molar-refractivity contribution in [1.29, 1.82) is 0 Å². The molecule has 1 aromatic carbocycles. The molecule has 28 heavy (non-hydrogen) atoms. The highest BCUT2D eigenvalue weighted by atomic mass is 28.4. The van der Waals surface area contributed by atoms with Gasteiger partial charge in [0.1, 0.15) is 11.9 Å². The zero-order valence-electron chi connectivity index (χ0n) is 18.8. The van der Waals surface area contributed by atoms with Gasteiger partial charge in [-0.25, -0.2) is 0 Å². The highest BCUT2D eigenvalue weighted by molar-refractivity contribution is 6.74. The third kappa shape index (κ3) is 6.10. The van der Waals surface area contributed by atoms with Gasteiger partial charge in [-0.3, -0.25) is 4.79 Å². The summed E-state index contributed by atoms with van der Waals surface area (Å²) in [6.07, 6.45) is 7.99. The van der Waals surface area contributed by atoms with Crippen LogP contribution in [-0.2, 0) is 9.53 Å². The number of hydrogen-bond acceptors (Lipinski definition) is 3. The smallest absolute Gasteiger partial charge is 0.306 e. The number of carbonyl (C=O) groups is 1. The predicted octanol–water partition coefficient (Wildman–Crippen LogP) is 7.22. The number of ether oxygens (including phenoxy) is 1. The fourth-order valence-corrected chi connectivity index (χ4v) is 4.69. The molecule has 0 saturated heterocycles. The number of rotatable bonds is 8. The average molecular weight is 405 g/mol. The van der Waals surface area contributed by atoms with Crippen LogP contribution in [0.5, 0.6) is 5.75 Å². The van der Waals surface area contributed by atoms with Crippen LogP contribution in [0.15, 0.2) is 24.3 Å². The van der Waals surface area contributed by atoms with Gasteiger partial charge in [-0.05, 0) is 55.4 Å². The van der Waals surface area contributed by atoms with E-state index in [2.05, 4.69) is 65.1 Å². The average Bonchev–Trinajstić information content (AvgIpc) is 2.62. The first-order valence-corrected chi connectivity index (χ1v) is 14.0. The lowest BCUT2D eigenvalue weighted by Crippen LogP contribution is -2.44. The summed E-state index contributed by atoms with van der Waals surface area (Å²) in [5.41, 5.74) is 1.22. The van der Waals surface area contributed by atoms with E-state index in [9.17, 15) is 4.79 Å². The Bertz CT molecular complexity index is 633. The molecule has 0 radical (unpaired) electrons. The molecule has 1 aliphatic rings. The number of benzene rings is 1. The minimum absolute atomic E-state index is 0.0213. The van der Waals surface area contributed by atoms with Gasteiger partial charge in [-0.2, -0.15) is 0 Å². The van der Waals surface area contributed by atoms with E-state index in [4.69, 9.17) is 9.16 Å². The molecule has 158 valence electrons. The van der Waals surface area contributed by atoms with Crippen LogP contribution in [0.4, 0.5) is 0 Å². The van der Waals surface area contributed by atoms with Crippen LogP contribution in [0.1, 0.15) is 90.5 Å². The monoisotopic (exact) mass is 404 g/mol. The van der Waals surface area contributed by atoms with E-state index in [1.165, 1.54) is 12.0 Å². The van der Waals surface area contributed by atoms with E-state index in [0.29, 0.717) is 6.42 Å². The second-order valence-electron chi connectivity index (χ2n) is 9.78. The summed E-state index contributed by atoms with van der Waals surface area (Å²) in [4.78, 5) is 12.4.